The lowest BCUT2D eigenvalue weighted by atomic mass is 9.35. The van der Waals surface area contributed by atoms with Gasteiger partial charge in [0.05, 0.1) is 24.9 Å². The minimum absolute atomic E-state index is 0.0117. The van der Waals surface area contributed by atoms with E-state index in [1.165, 1.54) is 5.57 Å². The van der Waals surface area contributed by atoms with E-state index in [2.05, 4.69) is 54.5 Å². The van der Waals surface area contributed by atoms with Crippen molar-refractivity contribution < 1.29 is 40.1 Å². The average Bonchev–Trinajstić information content (AvgIpc) is 3.31. The number of aliphatic hydroxyl groups excluding tert-OH is 6. The summed E-state index contributed by atoms with van der Waals surface area (Å²) in [5.74, 6) is 0.817. The third kappa shape index (κ3) is 5.28. The van der Waals surface area contributed by atoms with Gasteiger partial charge >= 0.3 is 0 Å². The Balaban J connectivity index is 1.45. The molecule has 4 saturated carbocycles. The zero-order valence-corrected chi connectivity index (χ0v) is 27.6. The van der Waals surface area contributed by atoms with Gasteiger partial charge in [-0.2, -0.15) is 0 Å². The topological polar surface area (TPSA) is 140 Å². The Morgan fingerprint density at radius 1 is 0.860 bits per heavy atom. The van der Waals surface area contributed by atoms with Crippen LogP contribution in [0, 0.1) is 45.3 Å². The highest BCUT2D eigenvalue weighted by Crippen LogP contribution is 2.75. The third-order valence-corrected chi connectivity index (χ3v) is 14.1. The first-order valence-electron chi connectivity index (χ1n) is 17.0. The number of hydrogen-bond donors (Lipinski definition) is 6. The fourth-order valence-corrected chi connectivity index (χ4v) is 11.5. The molecule has 43 heavy (non-hydrogen) atoms. The molecule has 1 aliphatic heterocycles. The first-order chi connectivity index (χ1) is 20.0. The fraction of sp³-hybridized carbons (Fsp3) is 0.943. The molecule has 5 unspecified atom stereocenters. The van der Waals surface area contributed by atoms with Gasteiger partial charge in [-0.25, -0.2) is 0 Å². The van der Waals surface area contributed by atoms with Gasteiger partial charge in [0.2, 0.25) is 0 Å². The highest BCUT2D eigenvalue weighted by Gasteiger charge is 2.70. The van der Waals surface area contributed by atoms with Crippen LogP contribution in [-0.2, 0) is 9.47 Å². The maximum atomic E-state index is 12.1. The van der Waals surface area contributed by atoms with E-state index in [0.29, 0.717) is 18.3 Å². The van der Waals surface area contributed by atoms with Crippen molar-refractivity contribution in [3.8, 4) is 0 Å². The summed E-state index contributed by atoms with van der Waals surface area (Å²) >= 11 is 0. The summed E-state index contributed by atoms with van der Waals surface area (Å²) in [5, 5.41) is 64.5. The molecule has 0 aromatic rings. The van der Waals surface area contributed by atoms with Crippen molar-refractivity contribution in [2.45, 2.75) is 155 Å². The van der Waals surface area contributed by atoms with Crippen LogP contribution in [0.1, 0.15) is 106 Å². The maximum absolute atomic E-state index is 12.1. The summed E-state index contributed by atoms with van der Waals surface area (Å²) in [6, 6.07) is 0. The number of ether oxygens (including phenoxy) is 2. The molecule has 0 bridgehead atoms. The predicted octanol–water partition coefficient (Wildman–Crippen LogP) is 3.93. The quantitative estimate of drug-likeness (QED) is 0.239. The van der Waals surface area contributed by atoms with E-state index in [1.807, 2.05) is 0 Å². The lowest BCUT2D eigenvalue weighted by Crippen LogP contribution is -2.66. The molecule has 248 valence electrons. The molecular weight excluding hydrogens is 548 g/mol. The molecule has 15 atom stereocenters. The molecule has 1 heterocycles. The van der Waals surface area contributed by atoms with Crippen molar-refractivity contribution >= 4 is 0 Å². The Hall–Kier alpha value is -0.580. The molecule has 5 aliphatic rings. The summed E-state index contributed by atoms with van der Waals surface area (Å²) in [7, 11) is 0. The normalized spacial score (nSPS) is 51.6. The zero-order chi connectivity index (χ0) is 31.7. The molecule has 8 nitrogen and oxygen atoms in total. The van der Waals surface area contributed by atoms with Crippen LogP contribution in [-0.4, -0.2) is 86.3 Å². The molecule has 0 radical (unpaired) electrons. The maximum Gasteiger partial charge on any atom is 0.186 e. The van der Waals surface area contributed by atoms with Gasteiger partial charge in [-0.15, -0.1) is 0 Å². The molecule has 5 fully saturated rings. The van der Waals surface area contributed by atoms with Crippen molar-refractivity contribution in [2.75, 3.05) is 6.61 Å². The second-order valence-electron chi connectivity index (χ2n) is 16.6. The minimum atomic E-state index is -1.49. The largest absolute Gasteiger partial charge is 0.394 e. The van der Waals surface area contributed by atoms with Crippen LogP contribution in [0.2, 0.25) is 0 Å². The van der Waals surface area contributed by atoms with Gasteiger partial charge in [-0.05, 0) is 117 Å². The summed E-state index contributed by atoms with van der Waals surface area (Å²) in [6.07, 6.45) is 2.51. The summed E-state index contributed by atoms with van der Waals surface area (Å²) < 4.78 is 12.4. The smallest absolute Gasteiger partial charge is 0.186 e. The first-order valence-corrected chi connectivity index (χ1v) is 17.0. The number of allylic oxidation sites excluding steroid dienone is 2. The zero-order valence-electron chi connectivity index (χ0n) is 27.6. The molecule has 0 spiro atoms. The highest BCUT2D eigenvalue weighted by molar-refractivity contribution is 5.19. The predicted molar refractivity (Wildman–Crippen MR) is 164 cm³/mol. The van der Waals surface area contributed by atoms with Crippen molar-refractivity contribution in [3.05, 3.63) is 11.6 Å². The summed E-state index contributed by atoms with van der Waals surface area (Å²) in [5.41, 5.74) is 1.04. The number of hydrogen-bond acceptors (Lipinski definition) is 8. The van der Waals surface area contributed by atoms with Crippen LogP contribution in [0.5, 0.6) is 0 Å². The van der Waals surface area contributed by atoms with Crippen molar-refractivity contribution in [2.24, 2.45) is 45.3 Å². The van der Waals surface area contributed by atoms with Gasteiger partial charge in [0.1, 0.15) is 24.4 Å². The van der Waals surface area contributed by atoms with Gasteiger partial charge in [-0.1, -0.05) is 46.3 Å². The van der Waals surface area contributed by atoms with Crippen LogP contribution in [0.15, 0.2) is 11.6 Å². The molecule has 5 rings (SSSR count). The lowest BCUT2D eigenvalue weighted by molar-refractivity contribution is -0.318. The van der Waals surface area contributed by atoms with E-state index in [-0.39, 0.29) is 45.7 Å². The van der Waals surface area contributed by atoms with Gasteiger partial charge in [0, 0.05) is 0 Å². The fourth-order valence-electron chi connectivity index (χ4n) is 11.5. The van der Waals surface area contributed by atoms with Gasteiger partial charge in [0.25, 0.3) is 0 Å². The van der Waals surface area contributed by atoms with Crippen LogP contribution >= 0.6 is 0 Å². The molecule has 0 amide bonds. The van der Waals surface area contributed by atoms with Crippen molar-refractivity contribution in [1.82, 2.24) is 0 Å². The molecule has 8 heteroatoms. The van der Waals surface area contributed by atoms with Gasteiger partial charge in [-0.3, -0.25) is 0 Å². The van der Waals surface area contributed by atoms with E-state index in [1.54, 1.807) is 0 Å². The van der Waals surface area contributed by atoms with E-state index >= 15 is 0 Å². The number of fused-ring (bicyclic) bond motifs is 5. The van der Waals surface area contributed by atoms with E-state index in [4.69, 9.17) is 9.47 Å². The van der Waals surface area contributed by atoms with E-state index in [0.717, 1.165) is 51.4 Å². The second-order valence-corrected chi connectivity index (χ2v) is 16.6. The molecule has 0 aromatic heterocycles. The Bertz CT molecular complexity index is 1030. The Labute approximate surface area is 258 Å². The van der Waals surface area contributed by atoms with Crippen LogP contribution in [0.3, 0.4) is 0 Å². The minimum Gasteiger partial charge on any atom is -0.394 e. The van der Waals surface area contributed by atoms with Crippen molar-refractivity contribution in [3.63, 3.8) is 0 Å². The van der Waals surface area contributed by atoms with E-state index in [9.17, 15) is 30.6 Å². The molecule has 1 saturated heterocycles. The first kappa shape index (κ1) is 33.8. The van der Waals surface area contributed by atoms with Gasteiger partial charge in [0.15, 0.2) is 6.29 Å². The number of rotatable bonds is 7. The average molecular weight is 609 g/mol. The van der Waals surface area contributed by atoms with E-state index < -0.39 is 43.4 Å². The molecule has 4 aliphatic carbocycles. The molecule has 6 N–H and O–H groups in total. The lowest BCUT2D eigenvalue weighted by Gasteiger charge is -2.70. The summed E-state index contributed by atoms with van der Waals surface area (Å²) in [4.78, 5) is 0. The Morgan fingerprint density at radius 3 is 2.19 bits per heavy atom. The van der Waals surface area contributed by atoms with Crippen LogP contribution in [0.25, 0.3) is 0 Å². The molecule has 0 aromatic carbocycles. The molecular formula is C35H60O8. The standard InChI is InChI=1S/C35H60O8/c1-19(2)9-8-10-22(42-31-30(41)29(40)28(39)23(18-36)43-31)20-11-15-35(7)27(20)21(37)17-25-33(5)14-13-26(38)32(3,4)24(33)12-16-34(25,35)6/h9,20-31,36-41H,8,10-18H2,1-7H3/t20?,21-,22?,23-,24?,25?,26+,27?,28-,29+,30-,31-,33+,34-,35-/m1/s1. The van der Waals surface area contributed by atoms with Crippen LogP contribution < -0.4 is 0 Å². The van der Waals surface area contributed by atoms with Gasteiger partial charge < -0.3 is 40.1 Å². The highest BCUT2D eigenvalue weighted by atomic mass is 16.7. The second kappa shape index (κ2) is 11.9. The third-order valence-electron chi connectivity index (χ3n) is 14.1. The van der Waals surface area contributed by atoms with Crippen molar-refractivity contribution in [1.29, 1.82) is 0 Å². The van der Waals surface area contributed by atoms with Crippen LogP contribution in [0.4, 0.5) is 0 Å². The monoisotopic (exact) mass is 608 g/mol. The Morgan fingerprint density at radius 2 is 1.53 bits per heavy atom. The Kier molecular flexibility index (Phi) is 9.34. The summed E-state index contributed by atoms with van der Waals surface area (Å²) in [6.45, 7) is 15.4. The SMILES string of the molecule is CC(C)=CCCC(O[C@@H]1O[C@H](CO)[C@@H](O)[C@H](O)[C@H]1O)C1CC[C@]2(C)C1[C@H](O)CC1[C@@]3(C)CC[C@H](O)C(C)(C)C3CC[C@]12C. The number of aliphatic hydroxyl groups is 6.